The molecule has 0 saturated heterocycles. The number of rotatable bonds is 8. The minimum Gasteiger partial charge on any atom is -0.353 e. The maximum Gasteiger partial charge on any atom is 0.226 e. The Labute approximate surface area is 142 Å². The number of benzene rings is 1. The van der Waals surface area contributed by atoms with Crippen molar-refractivity contribution in [2.45, 2.75) is 33.0 Å². The fraction of sp³-hybridized carbons (Fsp3) is 0.444. The van der Waals surface area contributed by atoms with E-state index in [9.17, 15) is 9.18 Å². The predicted octanol–water partition coefficient (Wildman–Crippen LogP) is 1.91. The Bertz CT molecular complexity index is 654. The van der Waals surface area contributed by atoms with Crippen LogP contribution in [-0.2, 0) is 17.8 Å². The van der Waals surface area contributed by atoms with Crippen LogP contribution in [0.25, 0.3) is 0 Å². The first kappa shape index (κ1) is 18.1. The molecule has 2 rings (SSSR count). The lowest BCUT2D eigenvalue weighted by Gasteiger charge is -2.24. The first-order valence-electron chi connectivity index (χ1n) is 8.09. The Balaban J connectivity index is 2.02. The highest BCUT2D eigenvalue weighted by atomic mass is 19.1. The Morgan fingerprint density at radius 1 is 1.38 bits per heavy atom. The summed E-state index contributed by atoms with van der Waals surface area (Å²) in [6.07, 6.45) is 2.89. The lowest BCUT2D eigenvalue weighted by atomic mass is 9.87. The molecule has 0 aliphatic rings. The van der Waals surface area contributed by atoms with Crippen molar-refractivity contribution < 1.29 is 9.18 Å². The van der Waals surface area contributed by atoms with Crippen molar-refractivity contribution in [2.75, 3.05) is 13.1 Å². The minimum absolute atomic E-state index is 0.0583. The number of alkyl halides is 1. The number of carbonyl (C=O) groups is 1. The Morgan fingerprint density at radius 3 is 2.75 bits per heavy atom. The molecule has 130 valence electrons. The zero-order valence-electron chi connectivity index (χ0n) is 14.2. The highest BCUT2D eigenvalue weighted by Gasteiger charge is 2.30. The molecule has 5 nitrogen and oxygen atoms in total. The van der Waals surface area contributed by atoms with Crippen molar-refractivity contribution in [2.24, 2.45) is 11.1 Å². The van der Waals surface area contributed by atoms with Crippen LogP contribution in [0.3, 0.4) is 0 Å². The van der Waals surface area contributed by atoms with Crippen LogP contribution in [0.2, 0.25) is 0 Å². The van der Waals surface area contributed by atoms with E-state index in [0.717, 1.165) is 5.82 Å². The second-order valence-corrected chi connectivity index (χ2v) is 6.56. The summed E-state index contributed by atoms with van der Waals surface area (Å²) in [7, 11) is 0. The van der Waals surface area contributed by atoms with Gasteiger partial charge in [0, 0.05) is 31.9 Å². The molecule has 24 heavy (non-hydrogen) atoms. The monoisotopic (exact) mass is 332 g/mol. The predicted molar refractivity (Wildman–Crippen MR) is 92.2 cm³/mol. The largest absolute Gasteiger partial charge is 0.353 e. The van der Waals surface area contributed by atoms with Crippen molar-refractivity contribution in [3.05, 3.63) is 54.1 Å². The van der Waals surface area contributed by atoms with Crippen LogP contribution in [-0.4, -0.2) is 34.7 Å². The lowest BCUT2D eigenvalue weighted by molar-refractivity contribution is -0.129. The van der Waals surface area contributed by atoms with E-state index < -0.39 is 11.6 Å². The molecule has 6 heteroatoms. The molecule has 2 aromatic rings. The van der Waals surface area contributed by atoms with Crippen molar-refractivity contribution in [1.82, 2.24) is 14.9 Å². The average Bonchev–Trinajstić information content (AvgIpc) is 2.99. The second kappa shape index (κ2) is 8.06. The number of aromatic nitrogens is 2. The number of nitrogens with zero attached hydrogens (tertiary/aromatic N) is 2. The van der Waals surface area contributed by atoms with Gasteiger partial charge in [0.05, 0.1) is 12.0 Å². The summed E-state index contributed by atoms with van der Waals surface area (Å²) >= 11 is 0. The Kier molecular flexibility index (Phi) is 6.09. The van der Waals surface area contributed by atoms with Gasteiger partial charge in [-0.1, -0.05) is 44.2 Å². The summed E-state index contributed by atoms with van der Waals surface area (Å²) in [4.78, 5) is 16.7. The van der Waals surface area contributed by atoms with E-state index in [-0.39, 0.29) is 19.0 Å². The zero-order chi connectivity index (χ0) is 17.6. The number of amides is 1. The molecule has 0 bridgehead atoms. The van der Waals surface area contributed by atoms with Gasteiger partial charge in [-0.25, -0.2) is 9.37 Å². The van der Waals surface area contributed by atoms with Crippen LogP contribution in [0.15, 0.2) is 42.7 Å². The number of carbonyl (C=O) groups excluding carboxylic acids is 1. The first-order valence-corrected chi connectivity index (χ1v) is 8.09. The summed E-state index contributed by atoms with van der Waals surface area (Å²) in [6.45, 7) is 4.21. The summed E-state index contributed by atoms with van der Waals surface area (Å²) in [5.74, 6) is 0.627. The van der Waals surface area contributed by atoms with E-state index in [1.54, 1.807) is 6.20 Å². The number of hydrogen-bond acceptors (Lipinski definition) is 3. The van der Waals surface area contributed by atoms with E-state index in [1.807, 2.05) is 42.8 Å². The van der Waals surface area contributed by atoms with Gasteiger partial charge in [-0.3, -0.25) is 4.79 Å². The topological polar surface area (TPSA) is 72.9 Å². The SMILES string of the molecule is CC(C)(Cc1nccn1Cc1ccccc1)C(=O)NC[C@H](F)CN. The van der Waals surface area contributed by atoms with Gasteiger partial charge >= 0.3 is 0 Å². The molecule has 1 aromatic carbocycles. The van der Waals surface area contributed by atoms with Crippen LogP contribution in [0, 0.1) is 5.41 Å². The minimum atomic E-state index is -1.22. The number of nitrogens with two attached hydrogens (primary N) is 1. The second-order valence-electron chi connectivity index (χ2n) is 6.56. The van der Waals surface area contributed by atoms with Gasteiger partial charge in [-0.05, 0) is 5.56 Å². The van der Waals surface area contributed by atoms with Crippen molar-refractivity contribution in [3.8, 4) is 0 Å². The maximum absolute atomic E-state index is 13.2. The molecule has 1 atom stereocenters. The van der Waals surface area contributed by atoms with Gasteiger partial charge in [0.25, 0.3) is 0 Å². The van der Waals surface area contributed by atoms with Gasteiger partial charge < -0.3 is 15.6 Å². The zero-order valence-corrected chi connectivity index (χ0v) is 14.2. The van der Waals surface area contributed by atoms with Crippen molar-refractivity contribution >= 4 is 5.91 Å². The average molecular weight is 332 g/mol. The normalized spacial score (nSPS) is 12.8. The Hall–Kier alpha value is -2.21. The third-order valence-electron chi connectivity index (χ3n) is 3.95. The summed E-state index contributed by atoms with van der Waals surface area (Å²) in [5, 5.41) is 2.62. The lowest BCUT2D eigenvalue weighted by Crippen LogP contribution is -2.42. The molecule has 0 radical (unpaired) electrons. The molecule has 0 aliphatic heterocycles. The maximum atomic E-state index is 13.2. The van der Waals surface area contributed by atoms with E-state index in [1.165, 1.54) is 5.56 Å². The van der Waals surface area contributed by atoms with Crippen molar-refractivity contribution in [3.63, 3.8) is 0 Å². The molecule has 3 N–H and O–H groups in total. The highest BCUT2D eigenvalue weighted by Crippen LogP contribution is 2.22. The summed E-state index contributed by atoms with van der Waals surface area (Å²) < 4.78 is 15.2. The standard InChI is InChI=1S/C18H25FN4O/c1-18(2,17(24)22-12-15(19)11-20)10-16-21-8-9-23(16)13-14-6-4-3-5-7-14/h3-9,15H,10-13,20H2,1-2H3,(H,22,24)/t15-/m1/s1. The van der Waals surface area contributed by atoms with Crippen molar-refractivity contribution in [1.29, 1.82) is 0 Å². The number of imidazole rings is 1. The smallest absolute Gasteiger partial charge is 0.226 e. The molecule has 0 spiro atoms. The highest BCUT2D eigenvalue weighted by molar-refractivity contribution is 5.82. The summed E-state index contributed by atoms with van der Waals surface area (Å²) in [6, 6.07) is 10.1. The van der Waals surface area contributed by atoms with E-state index in [2.05, 4.69) is 22.4 Å². The van der Waals surface area contributed by atoms with Crippen LogP contribution in [0.1, 0.15) is 25.2 Å². The molecular formula is C18H25FN4O. The molecule has 1 heterocycles. The molecule has 0 unspecified atom stereocenters. The van der Waals surface area contributed by atoms with Crippen LogP contribution in [0.5, 0.6) is 0 Å². The third-order valence-corrected chi connectivity index (χ3v) is 3.95. The van der Waals surface area contributed by atoms with E-state index in [4.69, 9.17) is 5.73 Å². The van der Waals surface area contributed by atoms with E-state index >= 15 is 0 Å². The first-order chi connectivity index (χ1) is 11.4. The van der Waals surface area contributed by atoms with Gasteiger partial charge in [-0.2, -0.15) is 0 Å². The molecule has 1 amide bonds. The number of nitrogens with one attached hydrogen (secondary N) is 1. The molecule has 0 fully saturated rings. The molecule has 0 aliphatic carbocycles. The van der Waals surface area contributed by atoms with Crippen LogP contribution < -0.4 is 11.1 Å². The van der Waals surface area contributed by atoms with Crippen LogP contribution >= 0.6 is 0 Å². The summed E-state index contributed by atoms with van der Waals surface area (Å²) in [5.41, 5.74) is 5.71. The fourth-order valence-corrected chi connectivity index (χ4v) is 2.43. The fourth-order valence-electron chi connectivity index (χ4n) is 2.43. The molecule has 0 saturated carbocycles. The Morgan fingerprint density at radius 2 is 2.08 bits per heavy atom. The molecular weight excluding hydrogens is 307 g/mol. The van der Waals surface area contributed by atoms with Gasteiger partial charge in [0.2, 0.25) is 5.91 Å². The third kappa shape index (κ3) is 4.89. The quantitative estimate of drug-likeness (QED) is 0.775. The number of halogens is 1. The van der Waals surface area contributed by atoms with Gasteiger partial charge in [0.15, 0.2) is 0 Å². The number of hydrogen-bond donors (Lipinski definition) is 2. The van der Waals surface area contributed by atoms with E-state index in [0.29, 0.717) is 13.0 Å². The van der Waals surface area contributed by atoms with Gasteiger partial charge in [0.1, 0.15) is 12.0 Å². The van der Waals surface area contributed by atoms with Gasteiger partial charge in [-0.15, -0.1) is 0 Å². The molecule has 1 aromatic heterocycles. The van der Waals surface area contributed by atoms with Crippen LogP contribution in [0.4, 0.5) is 4.39 Å².